The second kappa shape index (κ2) is 7.52. The molecule has 1 amide bonds. The molecule has 0 aliphatic rings. The van der Waals surface area contributed by atoms with Crippen LogP contribution in [-0.4, -0.2) is 34.9 Å². The third-order valence-electron chi connectivity index (χ3n) is 3.26. The van der Waals surface area contributed by atoms with E-state index in [1.807, 2.05) is 6.26 Å². The van der Waals surface area contributed by atoms with E-state index < -0.39 is 11.9 Å². The van der Waals surface area contributed by atoms with E-state index in [2.05, 4.69) is 9.97 Å². The number of nitrogens with zero attached hydrogens (tertiary/aromatic N) is 3. The van der Waals surface area contributed by atoms with E-state index in [0.29, 0.717) is 11.3 Å². The Morgan fingerprint density at radius 3 is 2.71 bits per heavy atom. The molecule has 0 saturated heterocycles. The molecule has 4 nitrogen and oxygen atoms in total. The van der Waals surface area contributed by atoms with Gasteiger partial charge in [-0.05, 0) is 18.4 Å². The zero-order chi connectivity index (χ0) is 17.9. The van der Waals surface area contributed by atoms with Crippen LogP contribution in [0.15, 0.2) is 24.5 Å². The van der Waals surface area contributed by atoms with Crippen LogP contribution < -0.4 is 4.90 Å². The van der Waals surface area contributed by atoms with Crippen molar-refractivity contribution in [1.82, 2.24) is 9.97 Å². The lowest BCUT2D eigenvalue weighted by Gasteiger charge is -2.20. The Balaban J connectivity index is 2.44. The zero-order valence-corrected chi connectivity index (χ0v) is 14.9. The molecule has 2 heterocycles. The zero-order valence-electron chi connectivity index (χ0n) is 13.3. The van der Waals surface area contributed by atoms with Gasteiger partial charge in [-0.3, -0.25) is 9.78 Å². The minimum atomic E-state index is -4.64. The molecule has 0 radical (unpaired) electrons. The van der Waals surface area contributed by atoms with Crippen molar-refractivity contribution in [2.45, 2.75) is 13.1 Å². The molecule has 2 rings (SSSR count). The van der Waals surface area contributed by atoms with E-state index in [1.54, 1.807) is 19.1 Å². The van der Waals surface area contributed by atoms with Crippen molar-refractivity contribution in [3.63, 3.8) is 0 Å². The van der Waals surface area contributed by atoms with E-state index in [9.17, 15) is 18.0 Å². The number of halogens is 3. The number of pyridine rings is 1. The number of carbonyl (C=O) groups is 1. The van der Waals surface area contributed by atoms with E-state index >= 15 is 0 Å². The number of thiazole rings is 1. The minimum Gasteiger partial charge on any atom is -0.305 e. The van der Waals surface area contributed by atoms with Crippen LogP contribution in [0.1, 0.15) is 12.6 Å². The molecule has 9 heteroatoms. The van der Waals surface area contributed by atoms with Crippen LogP contribution in [0.2, 0.25) is 0 Å². The van der Waals surface area contributed by atoms with Gasteiger partial charge in [0.1, 0.15) is 10.0 Å². The summed E-state index contributed by atoms with van der Waals surface area (Å²) >= 11 is 2.31. The fraction of sp³-hybridized carbons (Fsp3) is 0.400. The number of carbonyl (C=O) groups excluding carboxylic acids is 1. The summed E-state index contributed by atoms with van der Waals surface area (Å²) in [6, 6.07) is 3.26. The van der Waals surface area contributed by atoms with Crippen molar-refractivity contribution >= 4 is 34.0 Å². The average molecular weight is 375 g/mol. The summed E-state index contributed by atoms with van der Waals surface area (Å²) in [5.74, 6) is -0.204. The lowest BCUT2D eigenvalue weighted by atomic mass is 10.2. The van der Waals surface area contributed by atoms with E-state index in [-0.39, 0.29) is 21.8 Å². The number of aromatic nitrogens is 2. The van der Waals surface area contributed by atoms with Gasteiger partial charge in [0, 0.05) is 36.7 Å². The van der Waals surface area contributed by atoms with Gasteiger partial charge in [0.15, 0.2) is 5.69 Å². The molecule has 0 aromatic carbocycles. The molecule has 0 saturated carbocycles. The van der Waals surface area contributed by atoms with Crippen LogP contribution >= 0.6 is 23.1 Å². The molecule has 0 spiro atoms. The van der Waals surface area contributed by atoms with Crippen molar-refractivity contribution in [3.05, 3.63) is 30.2 Å². The lowest BCUT2D eigenvalue weighted by molar-refractivity contribution is -0.140. The Hall–Kier alpha value is -1.61. The standard InChI is InChI=1S/C15H16F3N3OS2/c1-9(8-23-3)13(22)21(2)14-11(15(16,17)18)20-12(24-14)10-5-4-6-19-7-10/h4-7,9H,8H2,1-3H3. The van der Waals surface area contributed by atoms with Crippen LogP contribution in [0, 0.1) is 5.92 Å². The van der Waals surface area contributed by atoms with E-state index in [0.717, 1.165) is 16.2 Å². The third kappa shape index (κ3) is 4.07. The summed E-state index contributed by atoms with van der Waals surface area (Å²) in [7, 11) is 1.36. The first-order valence-electron chi connectivity index (χ1n) is 7.00. The second-order valence-electron chi connectivity index (χ2n) is 5.17. The molecule has 130 valence electrons. The molecule has 0 fully saturated rings. The Kier molecular flexibility index (Phi) is 5.87. The number of hydrogen-bond acceptors (Lipinski definition) is 5. The first-order chi connectivity index (χ1) is 11.3. The van der Waals surface area contributed by atoms with Gasteiger partial charge in [-0.25, -0.2) is 4.98 Å². The number of alkyl halides is 3. The fourth-order valence-corrected chi connectivity index (χ4v) is 3.77. The van der Waals surface area contributed by atoms with Gasteiger partial charge in [0.05, 0.1) is 0 Å². The highest BCUT2D eigenvalue weighted by Gasteiger charge is 2.40. The third-order valence-corrected chi connectivity index (χ3v) is 5.27. The topological polar surface area (TPSA) is 46.1 Å². The maximum atomic E-state index is 13.3. The van der Waals surface area contributed by atoms with Crippen LogP contribution in [0.3, 0.4) is 0 Å². The Morgan fingerprint density at radius 1 is 1.46 bits per heavy atom. The molecular weight excluding hydrogens is 359 g/mol. The first kappa shape index (κ1) is 18.7. The summed E-state index contributed by atoms with van der Waals surface area (Å²) in [5, 5.41) is -0.0121. The van der Waals surface area contributed by atoms with Crippen LogP contribution in [0.25, 0.3) is 10.6 Å². The normalized spacial score (nSPS) is 12.9. The van der Waals surface area contributed by atoms with E-state index in [1.165, 1.54) is 31.2 Å². The maximum Gasteiger partial charge on any atom is 0.436 e. The van der Waals surface area contributed by atoms with Gasteiger partial charge < -0.3 is 4.90 Å². The van der Waals surface area contributed by atoms with Crippen LogP contribution in [-0.2, 0) is 11.0 Å². The number of amides is 1. The van der Waals surface area contributed by atoms with Gasteiger partial charge >= 0.3 is 6.18 Å². The molecule has 2 aromatic heterocycles. The lowest BCUT2D eigenvalue weighted by Crippen LogP contribution is -2.33. The number of rotatable bonds is 5. The van der Waals surface area contributed by atoms with Crippen LogP contribution in [0.4, 0.5) is 18.2 Å². The van der Waals surface area contributed by atoms with Gasteiger partial charge in [-0.2, -0.15) is 24.9 Å². The molecule has 1 atom stereocenters. The highest BCUT2D eigenvalue weighted by molar-refractivity contribution is 7.98. The predicted molar refractivity (Wildman–Crippen MR) is 91.3 cm³/mol. The summed E-state index contributed by atoms with van der Waals surface area (Å²) in [6.45, 7) is 1.70. The Labute approximate surface area is 146 Å². The summed E-state index contributed by atoms with van der Waals surface area (Å²) in [5.41, 5.74) is -0.559. The molecule has 0 aliphatic heterocycles. The van der Waals surface area contributed by atoms with Crippen molar-refractivity contribution in [1.29, 1.82) is 0 Å². The summed E-state index contributed by atoms with van der Waals surface area (Å²) in [4.78, 5) is 21.0. The molecular formula is C15H16F3N3OS2. The SMILES string of the molecule is CSCC(C)C(=O)N(C)c1sc(-c2cccnc2)nc1C(F)(F)F. The van der Waals surface area contributed by atoms with Crippen molar-refractivity contribution in [2.24, 2.45) is 5.92 Å². The second-order valence-corrected chi connectivity index (χ2v) is 7.05. The largest absolute Gasteiger partial charge is 0.436 e. The molecule has 2 aromatic rings. The van der Waals surface area contributed by atoms with Crippen molar-refractivity contribution in [3.8, 4) is 10.6 Å². The average Bonchev–Trinajstić information content (AvgIpc) is 3.00. The Bertz CT molecular complexity index is 704. The molecule has 24 heavy (non-hydrogen) atoms. The number of anilines is 1. The monoisotopic (exact) mass is 375 g/mol. The van der Waals surface area contributed by atoms with Gasteiger partial charge in [0.2, 0.25) is 5.91 Å². The number of hydrogen-bond donors (Lipinski definition) is 0. The Morgan fingerprint density at radius 2 is 2.17 bits per heavy atom. The fourth-order valence-electron chi connectivity index (χ4n) is 2.09. The first-order valence-corrected chi connectivity index (χ1v) is 9.21. The van der Waals surface area contributed by atoms with Gasteiger partial charge in [-0.15, -0.1) is 0 Å². The molecule has 0 N–H and O–H groups in total. The quantitative estimate of drug-likeness (QED) is 0.786. The van der Waals surface area contributed by atoms with Gasteiger partial charge in [-0.1, -0.05) is 18.3 Å². The van der Waals surface area contributed by atoms with Crippen LogP contribution in [0.5, 0.6) is 0 Å². The van der Waals surface area contributed by atoms with E-state index in [4.69, 9.17) is 0 Å². The predicted octanol–water partition coefficient (Wildman–Crippen LogP) is 4.19. The summed E-state index contributed by atoms with van der Waals surface area (Å²) in [6.07, 6.45) is 0.186. The molecule has 1 unspecified atom stereocenters. The molecule has 0 aliphatic carbocycles. The number of thioether (sulfide) groups is 1. The van der Waals surface area contributed by atoms with Crippen molar-refractivity contribution < 1.29 is 18.0 Å². The highest BCUT2D eigenvalue weighted by Crippen LogP contribution is 2.42. The molecule has 0 bridgehead atoms. The summed E-state index contributed by atoms with van der Waals surface area (Å²) < 4.78 is 40.0. The maximum absolute atomic E-state index is 13.3. The highest BCUT2D eigenvalue weighted by atomic mass is 32.2. The minimum absolute atomic E-state index is 0.183. The van der Waals surface area contributed by atoms with Gasteiger partial charge in [0.25, 0.3) is 0 Å². The van der Waals surface area contributed by atoms with Crippen molar-refractivity contribution in [2.75, 3.05) is 24.0 Å². The smallest absolute Gasteiger partial charge is 0.305 e.